The number of hydrogen-bond acceptors (Lipinski definition) is 5. The van der Waals surface area contributed by atoms with Crippen LogP contribution in [-0.2, 0) is 19.5 Å². The Morgan fingerprint density at radius 2 is 1.88 bits per heavy atom. The molecule has 2 aromatic heterocycles. The number of nitrogens with one attached hydrogen (secondary N) is 1. The molecule has 2 aromatic carbocycles. The lowest BCUT2D eigenvalue weighted by Crippen LogP contribution is -2.26. The Morgan fingerprint density at radius 1 is 1.06 bits per heavy atom. The van der Waals surface area contributed by atoms with Crippen molar-refractivity contribution in [1.29, 1.82) is 0 Å². The number of rotatable bonds is 8. The molecular formula is C24H25N7O. The van der Waals surface area contributed by atoms with Gasteiger partial charge in [0.1, 0.15) is 5.82 Å². The molecule has 0 saturated carbocycles. The lowest BCUT2D eigenvalue weighted by molar-refractivity contribution is 0.545. The fourth-order valence-corrected chi connectivity index (χ4v) is 3.51. The predicted octanol–water partition coefficient (Wildman–Crippen LogP) is 3.31. The van der Waals surface area contributed by atoms with Gasteiger partial charge >= 0.3 is 5.69 Å². The van der Waals surface area contributed by atoms with Crippen LogP contribution >= 0.6 is 0 Å². The van der Waals surface area contributed by atoms with Crippen LogP contribution in [0.3, 0.4) is 0 Å². The van der Waals surface area contributed by atoms with E-state index < -0.39 is 0 Å². The van der Waals surface area contributed by atoms with Crippen LogP contribution in [0.15, 0.2) is 53.3 Å². The summed E-state index contributed by atoms with van der Waals surface area (Å²) in [5, 5.41) is 18.6. The number of tetrazole rings is 1. The maximum absolute atomic E-state index is 12.9. The van der Waals surface area contributed by atoms with Crippen molar-refractivity contribution in [1.82, 2.24) is 35.0 Å². The third kappa shape index (κ3) is 4.67. The lowest BCUT2D eigenvalue weighted by Gasteiger charge is -2.07. The largest absolute Gasteiger partial charge is 0.346 e. The minimum absolute atomic E-state index is 0.0798. The molecule has 4 aromatic rings. The van der Waals surface area contributed by atoms with Crippen molar-refractivity contribution in [2.24, 2.45) is 0 Å². The molecule has 0 radical (unpaired) electrons. The normalized spacial score (nSPS) is 10.7. The average molecular weight is 428 g/mol. The molecule has 8 heteroatoms. The summed E-state index contributed by atoms with van der Waals surface area (Å²) in [6, 6.07) is 16.2. The van der Waals surface area contributed by atoms with Crippen LogP contribution in [0, 0.1) is 11.8 Å². The molecule has 0 atom stereocenters. The molecular weight excluding hydrogens is 402 g/mol. The van der Waals surface area contributed by atoms with Gasteiger partial charge in [-0.1, -0.05) is 61.7 Å². The maximum Gasteiger partial charge on any atom is 0.346 e. The van der Waals surface area contributed by atoms with Gasteiger partial charge in [0.25, 0.3) is 0 Å². The summed E-state index contributed by atoms with van der Waals surface area (Å²) < 4.78 is 3.29. The summed E-state index contributed by atoms with van der Waals surface area (Å²) >= 11 is 0. The summed E-state index contributed by atoms with van der Waals surface area (Å²) in [5.74, 6) is 7.26. The Bertz CT molecular complexity index is 1290. The second-order valence-electron chi connectivity index (χ2n) is 7.49. The molecule has 0 aliphatic heterocycles. The van der Waals surface area contributed by atoms with Gasteiger partial charge < -0.3 is 0 Å². The van der Waals surface area contributed by atoms with E-state index in [9.17, 15) is 4.79 Å². The van der Waals surface area contributed by atoms with Gasteiger partial charge in [-0.15, -0.1) is 11.0 Å². The minimum Gasteiger partial charge on any atom is -0.274 e. The standard InChI is InChI=1S/C24H25N7O/c1-3-5-10-22-27-31(15-6-4-2)24(32)30(22)17-18-11-13-19(14-12-18)20-8-7-9-21(16-20)23-25-28-29-26-23/h7-9,11-14,16H,4,6,10,15,17H2,1-2H3,(H,25,26,28,29). The van der Waals surface area contributed by atoms with Gasteiger partial charge in [-0.2, -0.15) is 5.10 Å². The monoisotopic (exact) mass is 427 g/mol. The minimum atomic E-state index is -0.0798. The molecule has 162 valence electrons. The van der Waals surface area contributed by atoms with Crippen LogP contribution in [0.1, 0.15) is 38.1 Å². The van der Waals surface area contributed by atoms with Gasteiger partial charge in [0.15, 0.2) is 5.82 Å². The third-order valence-corrected chi connectivity index (χ3v) is 5.26. The fraction of sp³-hybridized carbons (Fsp3) is 0.292. The Labute approximate surface area is 186 Å². The summed E-state index contributed by atoms with van der Waals surface area (Å²) in [6.45, 7) is 4.99. The van der Waals surface area contributed by atoms with Crippen molar-refractivity contribution in [3.05, 3.63) is 70.4 Å². The van der Waals surface area contributed by atoms with E-state index in [1.54, 1.807) is 16.2 Å². The number of benzene rings is 2. The van der Waals surface area contributed by atoms with Crippen LogP contribution < -0.4 is 5.69 Å². The summed E-state index contributed by atoms with van der Waals surface area (Å²) in [5.41, 5.74) is 4.01. The summed E-state index contributed by atoms with van der Waals surface area (Å²) in [6.07, 6.45) is 2.40. The summed E-state index contributed by atoms with van der Waals surface area (Å²) in [7, 11) is 0. The molecule has 0 fully saturated rings. The highest BCUT2D eigenvalue weighted by Crippen LogP contribution is 2.24. The van der Waals surface area contributed by atoms with Gasteiger partial charge in [-0.25, -0.2) is 14.6 Å². The van der Waals surface area contributed by atoms with Crippen molar-refractivity contribution >= 4 is 0 Å². The molecule has 8 nitrogen and oxygen atoms in total. The predicted molar refractivity (Wildman–Crippen MR) is 123 cm³/mol. The van der Waals surface area contributed by atoms with Crippen molar-refractivity contribution in [3.8, 4) is 34.4 Å². The van der Waals surface area contributed by atoms with Crippen molar-refractivity contribution in [2.45, 2.75) is 46.2 Å². The number of hydrogen-bond donors (Lipinski definition) is 1. The molecule has 0 bridgehead atoms. The molecule has 1 N–H and O–H groups in total. The van der Waals surface area contributed by atoms with Crippen molar-refractivity contribution in [2.75, 3.05) is 0 Å². The van der Waals surface area contributed by atoms with E-state index in [4.69, 9.17) is 0 Å². The maximum atomic E-state index is 12.9. The number of aryl methyl sites for hydroxylation is 1. The molecule has 32 heavy (non-hydrogen) atoms. The van der Waals surface area contributed by atoms with E-state index in [0.29, 0.717) is 31.2 Å². The van der Waals surface area contributed by atoms with E-state index in [-0.39, 0.29) is 5.69 Å². The molecule has 0 spiro atoms. The fourth-order valence-electron chi connectivity index (χ4n) is 3.51. The Kier molecular flexibility index (Phi) is 6.56. The second-order valence-corrected chi connectivity index (χ2v) is 7.49. The highest BCUT2D eigenvalue weighted by molar-refractivity contribution is 5.70. The number of aromatic nitrogens is 7. The van der Waals surface area contributed by atoms with E-state index in [1.807, 2.05) is 36.4 Å². The zero-order valence-electron chi connectivity index (χ0n) is 18.2. The zero-order chi connectivity index (χ0) is 22.3. The van der Waals surface area contributed by atoms with Crippen molar-refractivity contribution < 1.29 is 0 Å². The molecule has 0 aliphatic carbocycles. The van der Waals surface area contributed by atoms with Crippen LogP contribution in [-0.4, -0.2) is 35.0 Å². The third-order valence-electron chi connectivity index (χ3n) is 5.26. The molecule has 0 amide bonds. The van der Waals surface area contributed by atoms with Crippen LogP contribution in [0.25, 0.3) is 22.5 Å². The van der Waals surface area contributed by atoms with E-state index in [2.05, 4.69) is 56.6 Å². The Hall–Kier alpha value is -3.99. The van der Waals surface area contributed by atoms with Crippen molar-refractivity contribution in [3.63, 3.8) is 0 Å². The van der Waals surface area contributed by atoms with Crippen LogP contribution in [0.4, 0.5) is 0 Å². The summed E-state index contributed by atoms with van der Waals surface area (Å²) in [4.78, 5) is 12.9. The molecule has 2 heterocycles. The first-order chi connectivity index (χ1) is 15.7. The van der Waals surface area contributed by atoms with E-state index in [1.165, 1.54) is 0 Å². The topological polar surface area (TPSA) is 94.3 Å². The van der Waals surface area contributed by atoms with Gasteiger partial charge in [-0.3, -0.25) is 4.57 Å². The van der Waals surface area contributed by atoms with Gasteiger partial charge in [0.05, 0.1) is 13.0 Å². The number of aromatic amines is 1. The Balaban J connectivity index is 1.58. The molecule has 4 rings (SSSR count). The first kappa shape index (κ1) is 21.2. The zero-order valence-corrected chi connectivity index (χ0v) is 18.2. The number of nitrogens with zero attached hydrogens (tertiary/aromatic N) is 6. The van der Waals surface area contributed by atoms with Crippen LogP contribution in [0.5, 0.6) is 0 Å². The van der Waals surface area contributed by atoms with E-state index >= 15 is 0 Å². The number of unbranched alkanes of at least 4 members (excludes halogenated alkanes) is 1. The highest BCUT2D eigenvalue weighted by atomic mass is 16.2. The average Bonchev–Trinajstić information content (AvgIpc) is 3.46. The quantitative estimate of drug-likeness (QED) is 0.436. The lowest BCUT2D eigenvalue weighted by atomic mass is 10.0. The van der Waals surface area contributed by atoms with Gasteiger partial charge in [0.2, 0.25) is 0 Å². The molecule has 0 unspecified atom stereocenters. The SMILES string of the molecule is CC#CCc1nn(CCCC)c(=O)n1Cc1ccc(-c2cccc(-c3nnn[nH]3)c2)cc1. The molecule has 0 saturated heterocycles. The van der Waals surface area contributed by atoms with E-state index in [0.717, 1.165) is 35.1 Å². The second kappa shape index (κ2) is 9.88. The molecule has 0 aliphatic rings. The van der Waals surface area contributed by atoms with Crippen LogP contribution in [0.2, 0.25) is 0 Å². The highest BCUT2D eigenvalue weighted by Gasteiger charge is 2.13. The first-order valence-electron chi connectivity index (χ1n) is 10.7. The first-order valence-corrected chi connectivity index (χ1v) is 10.7. The Morgan fingerprint density at radius 3 is 2.59 bits per heavy atom. The van der Waals surface area contributed by atoms with Gasteiger partial charge in [0, 0.05) is 12.1 Å². The smallest absolute Gasteiger partial charge is 0.274 e. The number of H-pyrrole nitrogens is 1. The van der Waals surface area contributed by atoms with Gasteiger partial charge in [-0.05, 0) is 46.5 Å².